The number of rotatable bonds is 2. The lowest BCUT2D eigenvalue weighted by molar-refractivity contribution is 0.407. The second-order valence-corrected chi connectivity index (χ2v) is 4.49. The molecule has 0 bridgehead atoms. The Hall–Kier alpha value is -0.610. The Balaban J connectivity index is 2.40. The fourth-order valence-corrected chi connectivity index (χ4v) is 2.66. The Labute approximate surface area is 96.9 Å². The summed E-state index contributed by atoms with van der Waals surface area (Å²) < 4.78 is 19.3. The maximum atomic E-state index is 13.3. The molecule has 1 aliphatic rings. The molecule has 2 rings (SSSR count). The summed E-state index contributed by atoms with van der Waals surface area (Å²) in [5.74, 6) is 0.706. The molecule has 1 heterocycles. The molecule has 0 saturated carbocycles. The van der Waals surface area contributed by atoms with Gasteiger partial charge in [-0.3, -0.25) is 0 Å². The maximum Gasteiger partial charge on any atom is 0.136 e. The van der Waals surface area contributed by atoms with Gasteiger partial charge in [-0.15, -0.1) is 0 Å². The highest BCUT2D eigenvalue weighted by atomic mass is 79.9. The molecule has 1 saturated heterocycles. The van der Waals surface area contributed by atoms with E-state index in [0.29, 0.717) is 11.7 Å². The Morgan fingerprint density at radius 3 is 2.93 bits per heavy atom. The number of hydrogen-bond acceptors (Lipinski definition) is 2. The van der Waals surface area contributed by atoms with Crippen molar-refractivity contribution in [1.82, 2.24) is 5.32 Å². The Bertz CT molecular complexity index is 364. The molecule has 15 heavy (non-hydrogen) atoms. The van der Waals surface area contributed by atoms with Gasteiger partial charge in [0.25, 0.3) is 0 Å². The molecule has 82 valence electrons. The third kappa shape index (κ3) is 2.16. The zero-order valence-electron chi connectivity index (χ0n) is 8.52. The number of halogens is 2. The number of methoxy groups -OCH3 is 1. The van der Waals surface area contributed by atoms with E-state index in [1.165, 1.54) is 6.07 Å². The highest BCUT2D eigenvalue weighted by Crippen LogP contribution is 2.36. The number of hydrogen-bond donors (Lipinski definition) is 1. The van der Waals surface area contributed by atoms with Crippen molar-refractivity contribution in [2.24, 2.45) is 0 Å². The first-order chi connectivity index (χ1) is 7.22. The molecule has 0 aliphatic carbocycles. The summed E-state index contributed by atoms with van der Waals surface area (Å²) in [5, 5.41) is 3.27. The van der Waals surface area contributed by atoms with Crippen LogP contribution in [0.3, 0.4) is 0 Å². The van der Waals surface area contributed by atoms with E-state index in [2.05, 4.69) is 21.2 Å². The summed E-state index contributed by atoms with van der Waals surface area (Å²) in [6.45, 7) is 1.90. The van der Waals surface area contributed by atoms with Crippen molar-refractivity contribution in [2.45, 2.75) is 12.3 Å². The van der Waals surface area contributed by atoms with Gasteiger partial charge in [-0.05, 0) is 46.4 Å². The fourth-order valence-electron chi connectivity index (χ4n) is 1.95. The first kappa shape index (κ1) is 10.9. The van der Waals surface area contributed by atoms with E-state index >= 15 is 0 Å². The lowest BCUT2D eigenvalue weighted by Crippen LogP contribution is -2.08. The minimum absolute atomic E-state index is 0.239. The third-order valence-corrected chi connectivity index (χ3v) is 3.60. The Morgan fingerprint density at radius 1 is 1.53 bits per heavy atom. The van der Waals surface area contributed by atoms with Gasteiger partial charge in [0.05, 0.1) is 11.6 Å². The van der Waals surface area contributed by atoms with Gasteiger partial charge in [-0.1, -0.05) is 0 Å². The van der Waals surface area contributed by atoms with Gasteiger partial charge in [0.15, 0.2) is 0 Å². The average Bonchev–Trinajstić information content (AvgIpc) is 2.74. The van der Waals surface area contributed by atoms with Crippen LogP contribution in [0.2, 0.25) is 0 Å². The lowest BCUT2D eigenvalue weighted by Gasteiger charge is -2.14. The molecule has 1 aromatic carbocycles. The van der Waals surface area contributed by atoms with Crippen molar-refractivity contribution in [3.8, 4) is 5.75 Å². The molecule has 1 unspecified atom stereocenters. The molecule has 1 aliphatic heterocycles. The Kier molecular flexibility index (Phi) is 3.26. The summed E-state index contributed by atoms with van der Waals surface area (Å²) in [6.07, 6.45) is 1.05. The van der Waals surface area contributed by atoms with Crippen LogP contribution < -0.4 is 10.1 Å². The molecule has 1 aromatic rings. The molecular weight excluding hydrogens is 261 g/mol. The quantitative estimate of drug-likeness (QED) is 0.895. The van der Waals surface area contributed by atoms with E-state index in [0.717, 1.165) is 29.5 Å². The second-order valence-electron chi connectivity index (χ2n) is 3.70. The van der Waals surface area contributed by atoms with Crippen LogP contribution in [-0.4, -0.2) is 20.2 Å². The van der Waals surface area contributed by atoms with E-state index in [4.69, 9.17) is 4.74 Å². The Morgan fingerprint density at radius 2 is 2.33 bits per heavy atom. The van der Waals surface area contributed by atoms with Crippen molar-refractivity contribution in [2.75, 3.05) is 20.2 Å². The average molecular weight is 274 g/mol. The van der Waals surface area contributed by atoms with Crippen molar-refractivity contribution in [3.05, 3.63) is 28.0 Å². The molecule has 0 amide bonds. The standard InChI is InChI=1S/C11H13BrFNO/c1-15-10-5-8(13)4-9(11(10)12)7-2-3-14-6-7/h4-5,7,14H,2-3,6H2,1H3. The summed E-state index contributed by atoms with van der Waals surface area (Å²) in [5.41, 5.74) is 0.997. The second kappa shape index (κ2) is 4.49. The minimum Gasteiger partial charge on any atom is -0.495 e. The van der Waals surface area contributed by atoms with Crippen LogP contribution in [0.15, 0.2) is 16.6 Å². The number of ether oxygens (including phenoxy) is 1. The highest BCUT2D eigenvalue weighted by Gasteiger charge is 2.21. The van der Waals surface area contributed by atoms with Gasteiger partial charge in [0.1, 0.15) is 11.6 Å². The monoisotopic (exact) mass is 273 g/mol. The molecule has 1 fully saturated rings. The van der Waals surface area contributed by atoms with Gasteiger partial charge in [0.2, 0.25) is 0 Å². The topological polar surface area (TPSA) is 21.3 Å². The van der Waals surface area contributed by atoms with Crippen LogP contribution in [-0.2, 0) is 0 Å². The number of benzene rings is 1. The first-order valence-electron chi connectivity index (χ1n) is 4.96. The van der Waals surface area contributed by atoms with E-state index < -0.39 is 0 Å². The van der Waals surface area contributed by atoms with Gasteiger partial charge in [-0.2, -0.15) is 0 Å². The number of nitrogens with one attached hydrogen (secondary N) is 1. The van der Waals surface area contributed by atoms with Crippen LogP contribution in [0.25, 0.3) is 0 Å². The van der Waals surface area contributed by atoms with Crippen LogP contribution >= 0.6 is 15.9 Å². The molecule has 2 nitrogen and oxygen atoms in total. The molecular formula is C11H13BrFNO. The highest BCUT2D eigenvalue weighted by molar-refractivity contribution is 9.10. The smallest absolute Gasteiger partial charge is 0.136 e. The van der Waals surface area contributed by atoms with Crippen molar-refractivity contribution in [3.63, 3.8) is 0 Å². The molecule has 1 N–H and O–H groups in total. The predicted molar refractivity (Wildman–Crippen MR) is 60.9 cm³/mol. The van der Waals surface area contributed by atoms with E-state index in [9.17, 15) is 4.39 Å². The minimum atomic E-state index is -0.239. The predicted octanol–water partition coefficient (Wildman–Crippen LogP) is 2.67. The summed E-state index contributed by atoms with van der Waals surface area (Å²) in [6, 6.07) is 2.99. The zero-order chi connectivity index (χ0) is 10.8. The first-order valence-corrected chi connectivity index (χ1v) is 5.75. The third-order valence-electron chi connectivity index (χ3n) is 2.75. The van der Waals surface area contributed by atoms with Crippen molar-refractivity contribution in [1.29, 1.82) is 0 Å². The summed E-state index contributed by atoms with van der Waals surface area (Å²) >= 11 is 3.47. The van der Waals surface area contributed by atoms with Gasteiger partial charge >= 0.3 is 0 Å². The van der Waals surface area contributed by atoms with Crippen LogP contribution in [0.1, 0.15) is 17.9 Å². The van der Waals surface area contributed by atoms with Crippen LogP contribution in [0, 0.1) is 5.82 Å². The molecule has 4 heteroatoms. The summed E-state index contributed by atoms with van der Waals surface area (Å²) in [4.78, 5) is 0. The molecule has 0 radical (unpaired) electrons. The zero-order valence-corrected chi connectivity index (χ0v) is 10.1. The van der Waals surface area contributed by atoms with E-state index in [1.807, 2.05) is 0 Å². The van der Waals surface area contributed by atoms with Crippen molar-refractivity contribution >= 4 is 15.9 Å². The van der Waals surface area contributed by atoms with E-state index in [1.54, 1.807) is 13.2 Å². The van der Waals surface area contributed by atoms with Gasteiger partial charge in [-0.25, -0.2) is 4.39 Å². The summed E-state index contributed by atoms with van der Waals surface area (Å²) in [7, 11) is 1.55. The van der Waals surface area contributed by atoms with Gasteiger partial charge < -0.3 is 10.1 Å². The fraction of sp³-hybridized carbons (Fsp3) is 0.455. The normalized spacial score (nSPS) is 20.6. The van der Waals surface area contributed by atoms with Crippen LogP contribution in [0.5, 0.6) is 5.75 Å². The largest absolute Gasteiger partial charge is 0.495 e. The SMILES string of the molecule is COc1cc(F)cc(C2CCNC2)c1Br. The maximum absolute atomic E-state index is 13.3. The molecule has 0 aromatic heterocycles. The van der Waals surface area contributed by atoms with Gasteiger partial charge in [0, 0.05) is 12.6 Å². The van der Waals surface area contributed by atoms with Crippen molar-refractivity contribution < 1.29 is 9.13 Å². The van der Waals surface area contributed by atoms with E-state index in [-0.39, 0.29) is 5.82 Å². The van der Waals surface area contributed by atoms with Crippen LogP contribution in [0.4, 0.5) is 4.39 Å². The molecule has 1 atom stereocenters. The lowest BCUT2D eigenvalue weighted by atomic mass is 9.98. The molecule has 0 spiro atoms.